The van der Waals surface area contributed by atoms with Crippen molar-refractivity contribution in [1.29, 1.82) is 0 Å². The smallest absolute Gasteiger partial charge is 0.305 e. The predicted octanol–water partition coefficient (Wildman–Crippen LogP) is 9.87. The maximum Gasteiger partial charge on any atom is 0.305 e. The average molecular weight is 497 g/mol. The minimum Gasteiger partial charge on any atom is -0.466 e. The Morgan fingerprint density at radius 3 is 0.771 bits per heavy atom. The standard InChI is InChI=1S/C31H60O4/c1-3-28-34-30(32)26-24-22-20-18-16-14-12-10-8-6-5-7-9-11-13-15-17-19-21-23-25-27-31(33)35-29-4-2/h3-29H2,1-2H3. The molecule has 0 aliphatic heterocycles. The molecule has 0 N–H and O–H groups in total. The Bertz CT molecular complexity index is 409. The first-order chi connectivity index (χ1) is 17.2. The molecular weight excluding hydrogens is 436 g/mol. The fourth-order valence-electron chi connectivity index (χ4n) is 4.47. The van der Waals surface area contributed by atoms with Crippen molar-refractivity contribution in [2.45, 2.75) is 174 Å². The number of esters is 2. The maximum absolute atomic E-state index is 11.4. The summed E-state index contributed by atoms with van der Waals surface area (Å²) >= 11 is 0. The molecular formula is C31H60O4. The molecule has 0 aliphatic carbocycles. The monoisotopic (exact) mass is 496 g/mol. The van der Waals surface area contributed by atoms with Gasteiger partial charge in [-0.15, -0.1) is 0 Å². The second-order valence-electron chi connectivity index (χ2n) is 10.4. The van der Waals surface area contributed by atoms with E-state index in [4.69, 9.17) is 9.47 Å². The first-order valence-electron chi connectivity index (χ1n) is 15.5. The highest BCUT2D eigenvalue weighted by Crippen LogP contribution is 2.15. The van der Waals surface area contributed by atoms with E-state index in [1.165, 1.54) is 122 Å². The van der Waals surface area contributed by atoms with Crippen LogP contribution in [-0.2, 0) is 19.1 Å². The van der Waals surface area contributed by atoms with E-state index in [1.54, 1.807) is 0 Å². The first-order valence-corrected chi connectivity index (χ1v) is 15.5. The summed E-state index contributed by atoms with van der Waals surface area (Å²) in [5, 5.41) is 0. The number of hydrogen-bond acceptors (Lipinski definition) is 4. The Morgan fingerprint density at radius 2 is 0.571 bits per heavy atom. The molecule has 208 valence electrons. The highest BCUT2D eigenvalue weighted by molar-refractivity contribution is 5.69. The summed E-state index contributed by atoms with van der Waals surface area (Å²) in [4.78, 5) is 22.8. The SMILES string of the molecule is CCCOC(=O)CCCCCCCCCCCCCCCCCCCCCCCC(=O)OCCC. The van der Waals surface area contributed by atoms with Gasteiger partial charge in [0.15, 0.2) is 0 Å². The molecule has 0 atom stereocenters. The lowest BCUT2D eigenvalue weighted by molar-refractivity contribution is -0.144. The van der Waals surface area contributed by atoms with Gasteiger partial charge in [-0.2, -0.15) is 0 Å². The van der Waals surface area contributed by atoms with Crippen LogP contribution < -0.4 is 0 Å². The quantitative estimate of drug-likeness (QED) is 0.0798. The molecule has 35 heavy (non-hydrogen) atoms. The Morgan fingerprint density at radius 1 is 0.371 bits per heavy atom. The van der Waals surface area contributed by atoms with Gasteiger partial charge in [0.05, 0.1) is 13.2 Å². The molecule has 0 aromatic carbocycles. The molecule has 0 saturated carbocycles. The van der Waals surface area contributed by atoms with Crippen LogP contribution in [0.15, 0.2) is 0 Å². The van der Waals surface area contributed by atoms with Gasteiger partial charge < -0.3 is 9.47 Å². The van der Waals surface area contributed by atoms with Crippen LogP contribution in [0.1, 0.15) is 174 Å². The van der Waals surface area contributed by atoms with Gasteiger partial charge in [-0.25, -0.2) is 0 Å². The van der Waals surface area contributed by atoms with Gasteiger partial charge in [0.1, 0.15) is 0 Å². The number of carbonyl (C=O) groups excluding carboxylic acids is 2. The normalized spacial score (nSPS) is 11.0. The van der Waals surface area contributed by atoms with Gasteiger partial charge in [0.2, 0.25) is 0 Å². The van der Waals surface area contributed by atoms with E-state index in [9.17, 15) is 9.59 Å². The Balaban J connectivity index is 3.10. The third-order valence-corrected chi connectivity index (χ3v) is 6.70. The zero-order valence-electron chi connectivity index (χ0n) is 23.7. The summed E-state index contributed by atoms with van der Waals surface area (Å²) in [5.41, 5.74) is 0. The highest BCUT2D eigenvalue weighted by Gasteiger charge is 2.02. The van der Waals surface area contributed by atoms with Crippen molar-refractivity contribution in [3.05, 3.63) is 0 Å². The second-order valence-corrected chi connectivity index (χ2v) is 10.4. The van der Waals surface area contributed by atoms with Crippen molar-refractivity contribution >= 4 is 11.9 Å². The zero-order chi connectivity index (χ0) is 25.7. The van der Waals surface area contributed by atoms with Crippen molar-refractivity contribution in [2.75, 3.05) is 13.2 Å². The van der Waals surface area contributed by atoms with Gasteiger partial charge in [0, 0.05) is 12.8 Å². The van der Waals surface area contributed by atoms with E-state index < -0.39 is 0 Å². The van der Waals surface area contributed by atoms with Crippen LogP contribution in [0.25, 0.3) is 0 Å². The number of hydrogen-bond donors (Lipinski definition) is 0. The molecule has 0 spiro atoms. The zero-order valence-corrected chi connectivity index (χ0v) is 23.7. The molecule has 0 fully saturated rings. The molecule has 0 aliphatic rings. The number of rotatable bonds is 28. The molecule has 0 rings (SSSR count). The van der Waals surface area contributed by atoms with Crippen molar-refractivity contribution in [1.82, 2.24) is 0 Å². The predicted molar refractivity (Wildman–Crippen MR) is 149 cm³/mol. The van der Waals surface area contributed by atoms with Crippen LogP contribution >= 0.6 is 0 Å². The Labute approximate surface area is 218 Å². The molecule has 0 saturated heterocycles. The van der Waals surface area contributed by atoms with Crippen LogP contribution in [0.5, 0.6) is 0 Å². The topological polar surface area (TPSA) is 52.6 Å². The maximum atomic E-state index is 11.4. The summed E-state index contributed by atoms with van der Waals surface area (Å²) < 4.78 is 10.2. The molecule has 0 aromatic heterocycles. The molecule has 4 nitrogen and oxygen atoms in total. The van der Waals surface area contributed by atoms with Crippen molar-refractivity contribution in [3.8, 4) is 0 Å². The largest absolute Gasteiger partial charge is 0.466 e. The van der Waals surface area contributed by atoms with Gasteiger partial charge in [-0.1, -0.05) is 136 Å². The molecule has 4 heteroatoms. The van der Waals surface area contributed by atoms with Crippen LogP contribution in [0.3, 0.4) is 0 Å². The molecule has 0 bridgehead atoms. The fourth-order valence-corrected chi connectivity index (χ4v) is 4.47. The molecule has 0 amide bonds. The lowest BCUT2D eigenvalue weighted by Gasteiger charge is -2.05. The van der Waals surface area contributed by atoms with E-state index in [0.29, 0.717) is 26.1 Å². The summed E-state index contributed by atoms with van der Waals surface area (Å²) in [6.07, 6.45) is 30.6. The van der Waals surface area contributed by atoms with Crippen LogP contribution in [0.2, 0.25) is 0 Å². The molecule has 0 aromatic rings. The van der Waals surface area contributed by atoms with Gasteiger partial charge >= 0.3 is 11.9 Å². The number of unbranched alkanes of at least 4 members (excludes halogenated alkanes) is 20. The minimum atomic E-state index is -0.0193. The van der Waals surface area contributed by atoms with Crippen molar-refractivity contribution < 1.29 is 19.1 Å². The van der Waals surface area contributed by atoms with E-state index >= 15 is 0 Å². The highest BCUT2D eigenvalue weighted by atomic mass is 16.5. The lowest BCUT2D eigenvalue weighted by Crippen LogP contribution is -2.04. The van der Waals surface area contributed by atoms with Crippen molar-refractivity contribution in [3.63, 3.8) is 0 Å². The van der Waals surface area contributed by atoms with Gasteiger partial charge in [-0.05, 0) is 25.7 Å². The minimum absolute atomic E-state index is 0.0193. The van der Waals surface area contributed by atoms with E-state index in [-0.39, 0.29) is 11.9 Å². The molecule has 0 unspecified atom stereocenters. The second kappa shape index (κ2) is 29.2. The van der Waals surface area contributed by atoms with Gasteiger partial charge in [0.25, 0.3) is 0 Å². The lowest BCUT2D eigenvalue weighted by atomic mass is 10.0. The van der Waals surface area contributed by atoms with Gasteiger partial charge in [-0.3, -0.25) is 9.59 Å². The van der Waals surface area contributed by atoms with E-state index in [1.807, 2.05) is 13.8 Å². The Hall–Kier alpha value is -1.06. The Kier molecular flexibility index (Phi) is 28.3. The summed E-state index contributed by atoms with van der Waals surface area (Å²) in [6.45, 7) is 5.20. The summed E-state index contributed by atoms with van der Waals surface area (Å²) in [5.74, 6) is -0.0385. The molecule has 0 heterocycles. The van der Waals surface area contributed by atoms with Crippen LogP contribution in [0, 0.1) is 0 Å². The third kappa shape index (κ3) is 29.1. The number of carbonyl (C=O) groups is 2. The summed E-state index contributed by atoms with van der Waals surface area (Å²) in [7, 11) is 0. The third-order valence-electron chi connectivity index (χ3n) is 6.70. The van der Waals surface area contributed by atoms with E-state index in [0.717, 1.165) is 25.7 Å². The van der Waals surface area contributed by atoms with Crippen LogP contribution in [-0.4, -0.2) is 25.2 Å². The average Bonchev–Trinajstić information content (AvgIpc) is 2.86. The van der Waals surface area contributed by atoms with Crippen LogP contribution in [0.4, 0.5) is 0 Å². The molecule has 0 radical (unpaired) electrons. The fraction of sp³-hybridized carbons (Fsp3) is 0.935. The first kappa shape index (κ1) is 33.9. The summed E-state index contributed by atoms with van der Waals surface area (Å²) in [6, 6.07) is 0. The van der Waals surface area contributed by atoms with Crippen molar-refractivity contribution in [2.24, 2.45) is 0 Å². The number of ether oxygens (including phenoxy) is 2. The van der Waals surface area contributed by atoms with E-state index in [2.05, 4.69) is 0 Å².